The standard InChI is InChI=1S/C13H15N5O2/c1-8-6-12(17-13(14)16-8)15-7-10-4-3-5-11(9(10)2)18(19)20/h3-6H,7H2,1-2H3,(H3,14,15,16,17). The van der Waals surface area contributed by atoms with E-state index in [0.29, 0.717) is 17.9 Å². The van der Waals surface area contributed by atoms with Crippen LogP contribution in [-0.4, -0.2) is 14.9 Å². The topological polar surface area (TPSA) is 107 Å². The Bertz CT molecular complexity index is 637. The van der Waals surface area contributed by atoms with Crippen LogP contribution in [0.5, 0.6) is 0 Å². The van der Waals surface area contributed by atoms with Gasteiger partial charge in [-0.1, -0.05) is 12.1 Å². The molecule has 0 aliphatic rings. The molecule has 7 nitrogen and oxygen atoms in total. The molecule has 0 atom stereocenters. The predicted octanol–water partition coefficient (Wildman–Crippen LogP) is 2.20. The summed E-state index contributed by atoms with van der Waals surface area (Å²) in [6, 6.07) is 6.77. The second kappa shape index (κ2) is 5.52. The van der Waals surface area contributed by atoms with Crippen molar-refractivity contribution in [1.82, 2.24) is 9.97 Å². The highest BCUT2D eigenvalue weighted by Gasteiger charge is 2.12. The van der Waals surface area contributed by atoms with Crippen LogP contribution in [0.25, 0.3) is 0 Å². The highest BCUT2D eigenvalue weighted by atomic mass is 16.6. The number of nitro benzene ring substituents is 1. The summed E-state index contributed by atoms with van der Waals surface area (Å²) in [5.74, 6) is 0.796. The van der Waals surface area contributed by atoms with E-state index in [-0.39, 0.29) is 16.6 Å². The van der Waals surface area contributed by atoms with Gasteiger partial charge < -0.3 is 11.1 Å². The van der Waals surface area contributed by atoms with E-state index < -0.39 is 0 Å². The van der Waals surface area contributed by atoms with E-state index in [1.54, 1.807) is 19.1 Å². The molecule has 2 rings (SSSR count). The molecule has 0 aliphatic carbocycles. The fourth-order valence-electron chi connectivity index (χ4n) is 1.93. The average molecular weight is 273 g/mol. The number of hydrogen-bond acceptors (Lipinski definition) is 6. The first-order valence-electron chi connectivity index (χ1n) is 6.05. The normalized spacial score (nSPS) is 10.3. The maximum atomic E-state index is 10.9. The van der Waals surface area contributed by atoms with Crippen molar-refractivity contribution in [2.75, 3.05) is 11.1 Å². The van der Waals surface area contributed by atoms with Crippen molar-refractivity contribution in [3.63, 3.8) is 0 Å². The van der Waals surface area contributed by atoms with E-state index in [1.165, 1.54) is 6.07 Å². The first-order valence-corrected chi connectivity index (χ1v) is 6.05. The average Bonchev–Trinajstić information content (AvgIpc) is 2.36. The molecular formula is C13H15N5O2. The van der Waals surface area contributed by atoms with Gasteiger partial charge in [0.2, 0.25) is 5.95 Å². The fraction of sp³-hybridized carbons (Fsp3) is 0.231. The van der Waals surface area contributed by atoms with E-state index in [2.05, 4.69) is 15.3 Å². The summed E-state index contributed by atoms with van der Waals surface area (Å²) in [6.45, 7) is 3.99. The number of nitrogen functional groups attached to an aromatic ring is 1. The van der Waals surface area contributed by atoms with Crippen molar-refractivity contribution >= 4 is 17.5 Å². The molecule has 1 heterocycles. The van der Waals surface area contributed by atoms with E-state index >= 15 is 0 Å². The molecule has 0 spiro atoms. The molecule has 3 N–H and O–H groups in total. The van der Waals surface area contributed by atoms with Crippen molar-refractivity contribution < 1.29 is 4.92 Å². The number of nitro groups is 1. The maximum Gasteiger partial charge on any atom is 0.272 e. The van der Waals surface area contributed by atoms with Crippen LogP contribution in [-0.2, 0) is 6.54 Å². The van der Waals surface area contributed by atoms with Crippen molar-refractivity contribution in [3.05, 3.63) is 51.2 Å². The molecule has 1 aromatic heterocycles. The van der Waals surface area contributed by atoms with Gasteiger partial charge in [-0.05, 0) is 19.4 Å². The predicted molar refractivity (Wildman–Crippen MR) is 76.3 cm³/mol. The molecule has 2 aromatic rings. The van der Waals surface area contributed by atoms with Crippen LogP contribution in [0.3, 0.4) is 0 Å². The monoisotopic (exact) mass is 273 g/mol. The van der Waals surface area contributed by atoms with Gasteiger partial charge in [0.15, 0.2) is 0 Å². The molecule has 1 aromatic carbocycles. The van der Waals surface area contributed by atoms with Crippen LogP contribution >= 0.6 is 0 Å². The molecular weight excluding hydrogens is 258 g/mol. The number of aromatic nitrogens is 2. The Balaban J connectivity index is 2.19. The van der Waals surface area contributed by atoms with E-state index in [9.17, 15) is 10.1 Å². The number of nitrogens with zero attached hydrogens (tertiary/aromatic N) is 3. The third-order valence-corrected chi connectivity index (χ3v) is 2.95. The van der Waals surface area contributed by atoms with Crippen LogP contribution in [0.2, 0.25) is 0 Å². The third-order valence-electron chi connectivity index (χ3n) is 2.95. The maximum absolute atomic E-state index is 10.9. The lowest BCUT2D eigenvalue weighted by atomic mass is 10.1. The Morgan fingerprint density at radius 2 is 2.10 bits per heavy atom. The minimum absolute atomic E-state index is 0.114. The first kappa shape index (κ1) is 13.7. The highest BCUT2D eigenvalue weighted by Crippen LogP contribution is 2.21. The molecule has 7 heteroatoms. The zero-order chi connectivity index (χ0) is 14.7. The number of anilines is 2. The summed E-state index contributed by atoms with van der Waals surface area (Å²) in [7, 11) is 0. The molecule has 0 aliphatic heterocycles. The summed E-state index contributed by atoms with van der Waals surface area (Å²) in [5, 5.41) is 14.0. The molecule has 0 fully saturated rings. The second-order valence-electron chi connectivity index (χ2n) is 4.42. The van der Waals surface area contributed by atoms with Crippen LogP contribution in [0, 0.1) is 24.0 Å². The zero-order valence-corrected chi connectivity index (χ0v) is 11.3. The van der Waals surface area contributed by atoms with Gasteiger partial charge in [-0.25, -0.2) is 4.98 Å². The largest absolute Gasteiger partial charge is 0.368 e. The van der Waals surface area contributed by atoms with Gasteiger partial charge in [0.25, 0.3) is 5.69 Å². The van der Waals surface area contributed by atoms with Crippen LogP contribution in [0.1, 0.15) is 16.8 Å². The van der Waals surface area contributed by atoms with Crippen LogP contribution < -0.4 is 11.1 Å². The van der Waals surface area contributed by atoms with Gasteiger partial charge >= 0.3 is 0 Å². The first-order chi connectivity index (χ1) is 9.47. The minimum Gasteiger partial charge on any atom is -0.368 e. The van der Waals surface area contributed by atoms with Crippen LogP contribution in [0.4, 0.5) is 17.5 Å². The Kier molecular flexibility index (Phi) is 3.79. The lowest BCUT2D eigenvalue weighted by Crippen LogP contribution is -2.07. The summed E-state index contributed by atoms with van der Waals surface area (Å²) in [4.78, 5) is 18.5. The van der Waals surface area contributed by atoms with Crippen molar-refractivity contribution in [2.24, 2.45) is 0 Å². The van der Waals surface area contributed by atoms with E-state index in [4.69, 9.17) is 5.73 Å². The number of nitrogens with two attached hydrogens (primary N) is 1. The fourth-order valence-corrected chi connectivity index (χ4v) is 1.93. The molecule has 20 heavy (non-hydrogen) atoms. The van der Waals surface area contributed by atoms with E-state index in [1.807, 2.05) is 13.0 Å². The highest BCUT2D eigenvalue weighted by molar-refractivity contribution is 5.47. The van der Waals surface area contributed by atoms with Gasteiger partial charge in [0.1, 0.15) is 5.82 Å². The molecule has 0 amide bonds. The summed E-state index contributed by atoms with van der Waals surface area (Å²) in [5.41, 5.74) is 7.93. The summed E-state index contributed by atoms with van der Waals surface area (Å²) >= 11 is 0. The SMILES string of the molecule is Cc1cc(NCc2cccc([N+](=O)[O-])c2C)nc(N)n1. The van der Waals surface area contributed by atoms with Crippen molar-refractivity contribution in [2.45, 2.75) is 20.4 Å². The number of benzene rings is 1. The van der Waals surface area contributed by atoms with Crippen molar-refractivity contribution in [3.8, 4) is 0 Å². The van der Waals surface area contributed by atoms with Crippen molar-refractivity contribution in [1.29, 1.82) is 0 Å². The molecule has 0 bridgehead atoms. The quantitative estimate of drug-likeness (QED) is 0.653. The van der Waals surface area contributed by atoms with Gasteiger partial charge in [0.05, 0.1) is 4.92 Å². The molecule has 0 radical (unpaired) electrons. The van der Waals surface area contributed by atoms with Gasteiger partial charge in [-0.2, -0.15) is 4.98 Å². The lowest BCUT2D eigenvalue weighted by molar-refractivity contribution is -0.385. The smallest absolute Gasteiger partial charge is 0.272 e. The van der Waals surface area contributed by atoms with Crippen LogP contribution in [0.15, 0.2) is 24.3 Å². The Morgan fingerprint density at radius 3 is 2.75 bits per heavy atom. The summed E-state index contributed by atoms with van der Waals surface area (Å²) < 4.78 is 0. The number of hydrogen-bond donors (Lipinski definition) is 2. The lowest BCUT2D eigenvalue weighted by Gasteiger charge is -2.09. The molecule has 0 saturated carbocycles. The minimum atomic E-state index is -0.383. The van der Waals surface area contributed by atoms with Gasteiger partial charge in [-0.15, -0.1) is 0 Å². The molecule has 104 valence electrons. The molecule has 0 unspecified atom stereocenters. The zero-order valence-electron chi connectivity index (χ0n) is 11.3. The number of nitrogens with one attached hydrogen (secondary N) is 1. The van der Waals surface area contributed by atoms with E-state index in [0.717, 1.165) is 11.3 Å². The Labute approximate surface area is 116 Å². The van der Waals surface area contributed by atoms with Gasteiger partial charge in [-0.3, -0.25) is 10.1 Å². The Hall–Kier alpha value is -2.70. The third kappa shape index (κ3) is 3.00. The number of aryl methyl sites for hydroxylation is 1. The second-order valence-corrected chi connectivity index (χ2v) is 4.42. The Morgan fingerprint density at radius 1 is 1.35 bits per heavy atom. The summed E-state index contributed by atoms with van der Waals surface area (Å²) in [6.07, 6.45) is 0. The molecule has 0 saturated heterocycles. The van der Waals surface area contributed by atoms with Gasteiger partial charge in [0, 0.05) is 29.9 Å². The number of rotatable bonds is 4.